The average Bonchev–Trinajstić information content (AvgIpc) is 3.41. The number of nitrogens with zero attached hydrogens (tertiary/aromatic N) is 7. The molecular weight excluding hydrogens is 622 g/mol. The number of imidazole rings is 1. The molecule has 1 aliphatic rings. The molecule has 1 saturated heterocycles. The van der Waals surface area contributed by atoms with Crippen LogP contribution in [0, 0.1) is 30.3 Å². The summed E-state index contributed by atoms with van der Waals surface area (Å²) in [5.74, 6) is -0.287. The van der Waals surface area contributed by atoms with Crippen molar-refractivity contribution >= 4 is 49.7 Å². The molecule has 7 N–H and O–H groups in total. The molecule has 1 aromatic carbocycles. The van der Waals surface area contributed by atoms with Crippen LogP contribution in [0.15, 0.2) is 24.8 Å². The molecule has 0 spiro atoms. The maximum absolute atomic E-state index is 12.1. The minimum absolute atomic E-state index is 0.232. The molecule has 0 radical (unpaired) electrons. The molecule has 3 heterocycles. The normalized spacial score (nSPS) is 24.0. The van der Waals surface area contributed by atoms with E-state index in [-0.39, 0.29) is 11.3 Å². The quantitative estimate of drug-likeness (QED) is 0.0897. The van der Waals surface area contributed by atoms with E-state index in [4.69, 9.17) is 20.3 Å². The molecule has 24 nitrogen and oxygen atoms in total. The van der Waals surface area contributed by atoms with Crippen LogP contribution in [0.5, 0.6) is 0 Å². The van der Waals surface area contributed by atoms with Gasteiger partial charge in [-0.1, -0.05) is 0 Å². The summed E-state index contributed by atoms with van der Waals surface area (Å²) in [6, 6.07) is 0.628. The number of aliphatic hydroxyl groups is 2. The van der Waals surface area contributed by atoms with Gasteiger partial charge in [-0.15, -0.1) is 0 Å². The van der Waals surface area contributed by atoms with Gasteiger partial charge in [-0.2, -0.15) is 4.31 Å². The Labute approximate surface area is 229 Å². The van der Waals surface area contributed by atoms with E-state index >= 15 is 0 Å². The predicted octanol–water partition coefficient (Wildman–Crippen LogP) is -0.819. The number of phosphoric ester groups is 1. The van der Waals surface area contributed by atoms with E-state index in [2.05, 4.69) is 23.8 Å². The van der Waals surface area contributed by atoms with Crippen molar-refractivity contribution in [3.05, 3.63) is 60.7 Å². The zero-order valence-electron chi connectivity index (χ0n) is 20.1. The third kappa shape index (κ3) is 5.41. The number of benzene rings is 1. The Balaban J connectivity index is 2.01. The molecule has 5 atom stereocenters. The van der Waals surface area contributed by atoms with Crippen molar-refractivity contribution in [1.82, 2.24) is 19.5 Å². The maximum Gasteiger partial charge on any atom is 0.481 e. The first kappa shape index (κ1) is 30.9. The molecule has 1 unspecified atom stereocenters. The molecular formula is C16H16N8O16P2. The molecule has 0 bridgehead atoms. The first-order chi connectivity index (χ1) is 19.4. The number of nitrogen functional groups attached to an aromatic ring is 1. The summed E-state index contributed by atoms with van der Waals surface area (Å²) in [4.78, 5) is 70.6. The van der Waals surface area contributed by atoms with Crippen LogP contribution in [0.2, 0.25) is 0 Å². The predicted molar refractivity (Wildman–Crippen MR) is 129 cm³/mol. The van der Waals surface area contributed by atoms with E-state index in [1.54, 1.807) is 0 Å². The number of nitro groups is 3. The number of hydrogen-bond donors (Lipinski definition) is 6. The van der Waals surface area contributed by atoms with Crippen molar-refractivity contribution < 1.29 is 62.4 Å². The largest absolute Gasteiger partial charge is 0.481 e. The molecule has 26 heteroatoms. The van der Waals surface area contributed by atoms with Gasteiger partial charge in [-0.3, -0.25) is 39.4 Å². The highest BCUT2D eigenvalue weighted by Crippen LogP contribution is 2.58. The second-order valence-electron chi connectivity index (χ2n) is 8.30. The van der Waals surface area contributed by atoms with Gasteiger partial charge >= 0.3 is 15.6 Å². The van der Waals surface area contributed by atoms with Crippen LogP contribution in [-0.2, 0) is 28.4 Å². The van der Waals surface area contributed by atoms with Crippen LogP contribution in [0.4, 0.5) is 22.9 Å². The van der Waals surface area contributed by atoms with Crippen LogP contribution in [0.1, 0.15) is 5.56 Å². The molecule has 2 aromatic heterocycles. The summed E-state index contributed by atoms with van der Waals surface area (Å²) >= 11 is 0. The molecule has 4 rings (SSSR count). The van der Waals surface area contributed by atoms with Gasteiger partial charge in [0.2, 0.25) is 5.72 Å². The number of rotatable bonds is 10. The Kier molecular flexibility index (Phi) is 7.81. The van der Waals surface area contributed by atoms with Gasteiger partial charge in [0.15, 0.2) is 17.0 Å². The number of ether oxygens (including phenoxy) is 1. The molecule has 1 fully saturated rings. The topological polar surface area (TPSA) is 362 Å². The van der Waals surface area contributed by atoms with Crippen molar-refractivity contribution in [2.75, 3.05) is 12.3 Å². The number of nitro benzene ring substituents is 3. The van der Waals surface area contributed by atoms with Gasteiger partial charge in [0, 0.05) is 0 Å². The lowest BCUT2D eigenvalue weighted by molar-refractivity contribution is -0.406. The minimum atomic E-state index is -5.60. The second kappa shape index (κ2) is 10.6. The minimum Gasteiger partial charge on any atom is -0.387 e. The van der Waals surface area contributed by atoms with E-state index in [1.807, 2.05) is 0 Å². The number of non-ortho nitro benzene ring substituents is 1. The van der Waals surface area contributed by atoms with Crippen LogP contribution in [0.25, 0.3) is 11.2 Å². The number of anilines is 1. The monoisotopic (exact) mass is 638 g/mol. The van der Waals surface area contributed by atoms with Gasteiger partial charge in [-0.25, -0.2) is 24.1 Å². The highest BCUT2D eigenvalue weighted by Gasteiger charge is 2.63. The van der Waals surface area contributed by atoms with Gasteiger partial charge < -0.3 is 35.4 Å². The Morgan fingerprint density at radius 3 is 2.14 bits per heavy atom. The lowest BCUT2D eigenvalue weighted by Gasteiger charge is -2.33. The second-order valence-corrected chi connectivity index (χ2v) is 11.1. The van der Waals surface area contributed by atoms with Crippen molar-refractivity contribution in [2.45, 2.75) is 24.0 Å². The lowest BCUT2D eigenvalue weighted by Crippen LogP contribution is -2.47. The van der Waals surface area contributed by atoms with Crippen LogP contribution in [0.3, 0.4) is 0 Å². The number of fused-ring (bicyclic) bond motifs is 1. The van der Waals surface area contributed by atoms with Gasteiger partial charge in [0.25, 0.3) is 17.1 Å². The third-order valence-corrected chi connectivity index (χ3v) is 7.96. The number of aromatic nitrogens is 4. The molecule has 42 heavy (non-hydrogen) atoms. The molecule has 3 aromatic rings. The zero-order valence-corrected chi connectivity index (χ0v) is 21.9. The maximum atomic E-state index is 12.1. The average molecular weight is 638 g/mol. The van der Waals surface area contributed by atoms with Gasteiger partial charge in [0.1, 0.15) is 30.2 Å². The number of aliphatic hydroxyl groups excluding tert-OH is 2. The number of hydrogen-bond acceptors (Lipinski definition) is 17. The smallest absolute Gasteiger partial charge is 0.387 e. The van der Waals surface area contributed by atoms with Gasteiger partial charge in [-0.05, 0) is 0 Å². The van der Waals surface area contributed by atoms with Crippen LogP contribution in [-0.4, -0.2) is 84.1 Å². The number of nitrogens with two attached hydrogens (primary N) is 1. The highest BCUT2D eigenvalue weighted by molar-refractivity contribution is 7.60. The Morgan fingerprint density at radius 2 is 1.62 bits per heavy atom. The van der Waals surface area contributed by atoms with Crippen molar-refractivity contribution in [3.8, 4) is 0 Å². The SMILES string of the molecule is Nc1ncnc2c1ncn2[C@]1(c2c([N+](=O)[O-])cc([N+](=O)[O-])cc2[N+](=O)[O-])O[C@H](COP(=O)(O)OP(=O)(O)O)[C@@H](O)[C@H]1O. The van der Waals surface area contributed by atoms with Crippen LogP contribution < -0.4 is 5.73 Å². The van der Waals surface area contributed by atoms with Crippen molar-refractivity contribution in [1.29, 1.82) is 0 Å². The molecule has 1 aliphatic heterocycles. The first-order valence-corrected chi connectivity index (χ1v) is 13.8. The fourth-order valence-corrected chi connectivity index (χ4v) is 5.84. The zero-order chi connectivity index (χ0) is 31.4. The Hall–Kier alpha value is -4.09. The number of phosphoric acid groups is 2. The summed E-state index contributed by atoms with van der Waals surface area (Å²) < 4.78 is 37.4. The lowest BCUT2D eigenvalue weighted by atomic mass is 9.91. The molecule has 226 valence electrons. The van der Waals surface area contributed by atoms with E-state index in [1.165, 1.54) is 0 Å². The van der Waals surface area contributed by atoms with Crippen molar-refractivity contribution in [3.63, 3.8) is 0 Å². The van der Waals surface area contributed by atoms with E-state index in [0.29, 0.717) is 16.7 Å². The fraction of sp³-hybridized carbons (Fsp3) is 0.312. The van der Waals surface area contributed by atoms with E-state index < -0.39 is 89.3 Å². The van der Waals surface area contributed by atoms with Crippen molar-refractivity contribution in [2.24, 2.45) is 0 Å². The molecule has 0 saturated carbocycles. The molecule has 0 aliphatic carbocycles. The summed E-state index contributed by atoms with van der Waals surface area (Å²) in [6.07, 6.45) is -5.23. The van der Waals surface area contributed by atoms with E-state index in [0.717, 1.165) is 12.7 Å². The van der Waals surface area contributed by atoms with Crippen LogP contribution >= 0.6 is 15.6 Å². The summed E-state index contributed by atoms with van der Waals surface area (Å²) in [5, 5.41) is 57.8. The van der Waals surface area contributed by atoms with Gasteiger partial charge in [0.05, 0.1) is 39.8 Å². The third-order valence-electron chi connectivity index (χ3n) is 5.81. The Bertz CT molecular complexity index is 1680. The standard InChI is InChI=1S/C16H16N8O16P2/c17-14-11-15(19-4-18-14)21(5-20-11)16(10-7(23(29)30)1-6(22(27)28)2-8(10)24(31)32)13(26)12(25)9(39-16)3-38-42(36,37)40-41(33,34)35/h1-2,4-5,9,12-13,25-26H,3H2,(H,36,37)(H2,17,18,19)(H2,33,34,35)/t9-,12-,13-,16-/m1/s1. The first-order valence-electron chi connectivity index (χ1n) is 10.7. The summed E-state index contributed by atoms with van der Waals surface area (Å²) in [7, 11) is -11.2. The van der Waals surface area contributed by atoms with E-state index in [9.17, 15) is 54.6 Å². The summed E-state index contributed by atoms with van der Waals surface area (Å²) in [6.45, 7) is -1.33. The fourth-order valence-electron chi connectivity index (χ4n) is 4.24. The molecule has 0 amide bonds. The highest BCUT2D eigenvalue weighted by atomic mass is 31.3. The Morgan fingerprint density at radius 1 is 1.02 bits per heavy atom. The summed E-state index contributed by atoms with van der Waals surface area (Å²) in [5.41, 5.74) is -2.88.